The molecule has 0 atom stereocenters. The van der Waals surface area contributed by atoms with Crippen LogP contribution in [0, 0.1) is 11.3 Å². The second-order valence-corrected chi connectivity index (χ2v) is 3.14. The normalized spacial score (nSPS) is 13.8. The molecule has 0 amide bonds. The molecule has 0 bridgehead atoms. The molecule has 76 valence electrons. The van der Waals surface area contributed by atoms with E-state index in [2.05, 4.69) is 0 Å². The molecule has 0 aromatic heterocycles. The van der Waals surface area contributed by atoms with E-state index in [0.29, 0.717) is 42.1 Å². The van der Waals surface area contributed by atoms with Crippen LogP contribution >= 0.6 is 0 Å². The zero-order valence-electron chi connectivity index (χ0n) is 8.03. The van der Waals surface area contributed by atoms with Crippen LogP contribution in [0.5, 0.6) is 11.5 Å². The van der Waals surface area contributed by atoms with Gasteiger partial charge in [0.1, 0.15) is 6.07 Å². The van der Waals surface area contributed by atoms with Gasteiger partial charge in [0.15, 0.2) is 17.8 Å². The summed E-state index contributed by atoms with van der Waals surface area (Å²) in [6.45, 7) is 1.01. The number of rotatable bonds is 1. The standard InChI is InChI=1S/C11H9NO3/c12-6-8-2-3-9(7-13)11-10(8)14-4-1-5-15-11/h2-3,7H,1,4-5H2. The summed E-state index contributed by atoms with van der Waals surface area (Å²) in [4.78, 5) is 10.8. The number of hydrogen-bond acceptors (Lipinski definition) is 4. The number of carbonyl (C=O) groups excluding carboxylic acids is 1. The summed E-state index contributed by atoms with van der Waals surface area (Å²) >= 11 is 0. The van der Waals surface area contributed by atoms with Crippen molar-refractivity contribution in [2.75, 3.05) is 13.2 Å². The van der Waals surface area contributed by atoms with Gasteiger partial charge in [0, 0.05) is 6.42 Å². The first kappa shape index (κ1) is 9.53. The molecule has 0 saturated heterocycles. The van der Waals surface area contributed by atoms with E-state index in [0.717, 1.165) is 6.42 Å². The van der Waals surface area contributed by atoms with Crippen LogP contribution in [0.3, 0.4) is 0 Å². The van der Waals surface area contributed by atoms with Crippen molar-refractivity contribution < 1.29 is 14.3 Å². The van der Waals surface area contributed by atoms with E-state index >= 15 is 0 Å². The molecule has 4 nitrogen and oxygen atoms in total. The molecule has 1 aromatic rings. The van der Waals surface area contributed by atoms with Crippen molar-refractivity contribution in [2.24, 2.45) is 0 Å². The molecule has 15 heavy (non-hydrogen) atoms. The lowest BCUT2D eigenvalue weighted by Gasteiger charge is -2.10. The molecule has 1 aromatic carbocycles. The van der Waals surface area contributed by atoms with E-state index < -0.39 is 0 Å². The molecule has 1 heterocycles. The van der Waals surface area contributed by atoms with Crippen LogP contribution < -0.4 is 9.47 Å². The number of fused-ring (bicyclic) bond motifs is 1. The number of benzene rings is 1. The van der Waals surface area contributed by atoms with Crippen LogP contribution in [0.2, 0.25) is 0 Å². The Morgan fingerprint density at radius 1 is 1.27 bits per heavy atom. The maximum absolute atomic E-state index is 10.8. The Hall–Kier alpha value is -2.02. The van der Waals surface area contributed by atoms with E-state index in [1.807, 2.05) is 6.07 Å². The summed E-state index contributed by atoms with van der Waals surface area (Å²) in [5.74, 6) is 0.779. The third-order valence-electron chi connectivity index (χ3n) is 2.17. The Morgan fingerprint density at radius 3 is 2.67 bits per heavy atom. The fourth-order valence-corrected chi connectivity index (χ4v) is 1.46. The topological polar surface area (TPSA) is 59.3 Å². The van der Waals surface area contributed by atoms with Crippen molar-refractivity contribution in [1.29, 1.82) is 5.26 Å². The second kappa shape index (κ2) is 4.01. The van der Waals surface area contributed by atoms with E-state index in [1.54, 1.807) is 12.1 Å². The van der Waals surface area contributed by atoms with Crippen LogP contribution in [-0.2, 0) is 0 Å². The SMILES string of the molecule is N#Cc1ccc(C=O)c2c1OCCCO2. The fraction of sp³-hybridized carbons (Fsp3) is 0.273. The van der Waals surface area contributed by atoms with E-state index in [-0.39, 0.29) is 0 Å². The lowest BCUT2D eigenvalue weighted by molar-refractivity contribution is 0.111. The zero-order valence-corrected chi connectivity index (χ0v) is 8.03. The Labute approximate surface area is 87.0 Å². The van der Waals surface area contributed by atoms with Crippen LogP contribution in [-0.4, -0.2) is 19.5 Å². The monoisotopic (exact) mass is 203 g/mol. The highest BCUT2D eigenvalue weighted by Gasteiger charge is 2.18. The highest BCUT2D eigenvalue weighted by Crippen LogP contribution is 2.35. The third-order valence-corrected chi connectivity index (χ3v) is 2.17. The predicted octanol–water partition coefficient (Wildman–Crippen LogP) is 1.53. The van der Waals surface area contributed by atoms with Crippen LogP contribution in [0.1, 0.15) is 22.3 Å². The summed E-state index contributed by atoms with van der Waals surface area (Å²) in [7, 11) is 0. The largest absolute Gasteiger partial charge is 0.489 e. The molecule has 0 saturated carbocycles. The highest BCUT2D eigenvalue weighted by molar-refractivity contribution is 5.82. The van der Waals surface area contributed by atoms with Gasteiger partial charge in [-0.3, -0.25) is 4.79 Å². The third kappa shape index (κ3) is 1.64. The van der Waals surface area contributed by atoms with Crippen LogP contribution in [0.15, 0.2) is 12.1 Å². The number of aldehydes is 1. The molecule has 2 rings (SSSR count). The molecule has 0 radical (unpaired) electrons. The van der Waals surface area contributed by atoms with Gasteiger partial charge in [-0.2, -0.15) is 5.26 Å². The number of carbonyl (C=O) groups is 1. The van der Waals surface area contributed by atoms with Crippen LogP contribution in [0.25, 0.3) is 0 Å². The average Bonchev–Trinajstić information content (AvgIpc) is 2.53. The first-order valence-electron chi connectivity index (χ1n) is 4.64. The summed E-state index contributed by atoms with van der Waals surface area (Å²) in [5, 5.41) is 8.88. The Kier molecular flexibility index (Phi) is 2.55. The highest BCUT2D eigenvalue weighted by atomic mass is 16.5. The second-order valence-electron chi connectivity index (χ2n) is 3.14. The van der Waals surface area contributed by atoms with Crippen molar-refractivity contribution >= 4 is 6.29 Å². The molecular weight excluding hydrogens is 194 g/mol. The van der Waals surface area contributed by atoms with Gasteiger partial charge in [-0.15, -0.1) is 0 Å². The minimum Gasteiger partial charge on any atom is -0.489 e. The lowest BCUT2D eigenvalue weighted by atomic mass is 10.1. The fourth-order valence-electron chi connectivity index (χ4n) is 1.46. The van der Waals surface area contributed by atoms with Crippen molar-refractivity contribution in [3.05, 3.63) is 23.3 Å². The van der Waals surface area contributed by atoms with Crippen molar-refractivity contribution in [3.63, 3.8) is 0 Å². The predicted molar refractivity (Wildman–Crippen MR) is 52.2 cm³/mol. The van der Waals surface area contributed by atoms with Crippen LogP contribution in [0.4, 0.5) is 0 Å². The Bertz CT molecular complexity index is 434. The molecule has 1 aliphatic heterocycles. The quantitative estimate of drug-likeness (QED) is 0.649. The number of ether oxygens (including phenoxy) is 2. The summed E-state index contributed by atoms with van der Waals surface area (Å²) < 4.78 is 10.8. The van der Waals surface area contributed by atoms with E-state index in [4.69, 9.17) is 14.7 Å². The minimum absolute atomic E-state index is 0.389. The molecule has 0 unspecified atom stereocenters. The summed E-state index contributed by atoms with van der Waals surface area (Å²) in [6, 6.07) is 5.15. The van der Waals surface area contributed by atoms with Gasteiger partial charge in [0.25, 0.3) is 0 Å². The minimum atomic E-state index is 0.389. The molecule has 0 spiro atoms. The first-order valence-corrected chi connectivity index (χ1v) is 4.64. The molecule has 0 fully saturated rings. The Balaban J connectivity index is 2.59. The maximum atomic E-state index is 10.8. The van der Waals surface area contributed by atoms with E-state index in [9.17, 15) is 4.79 Å². The average molecular weight is 203 g/mol. The smallest absolute Gasteiger partial charge is 0.179 e. The maximum Gasteiger partial charge on any atom is 0.179 e. The van der Waals surface area contributed by atoms with Gasteiger partial charge in [-0.05, 0) is 12.1 Å². The summed E-state index contributed by atoms with van der Waals surface area (Å²) in [5.41, 5.74) is 0.823. The van der Waals surface area contributed by atoms with Crippen molar-refractivity contribution in [2.45, 2.75) is 6.42 Å². The van der Waals surface area contributed by atoms with Gasteiger partial charge < -0.3 is 9.47 Å². The molecule has 1 aliphatic rings. The number of hydrogen-bond donors (Lipinski definition) is 0. The van der Waals surface area contributed by atoms with Gasteiger partial charge >= 0.3 is 0 Å². The molecule has 0 aliphatic carbocycles. The summed E-state index contributed by atoms with van der Waals surface area (Å²) in [6.07, 6.45) is 1.45. The van der Waals surface area contributed by atoms with Gasteiger partial charge in [0.05, 0.1) is 24.3 Å². The zero-order chi connectivity index (χ0) is 10.7. The molecule has 4 heteroatoms. The molecule has 0 N–H and O–H groups in total. The van der Waals surface area contributed by atoms with Gasteiger partial charge in [-0.1, -0.05) is 0 Å². The lowest BCUT2D eigenvalue weighted by Crippen LogP contribution is -1.98. The van der Waals surface area contributed by atoms with Gasteiger partial charge in [-0.25, -0.2) is 0 Å². The first-order chi connectivity index (χ1) is 7.36. The number of nitriles is 1. The van der Waals surface area contributed by atoms with Crippen molar-refractivity contribution in [1.82, 2.24) is 0 Å². The van der Waals surface area contributed by atoms with E-state index in [1.165, 1.54) is 0 Å². The number of nitrogens with zero attached hydrogens (tertiary/aromatic N) is 1. The molecular formula is C11H9NO3. The van der Waals surface area contributed by atoms with Crippen molar-refractivity contribution in [3.8, 4) is 17.6 Å². The Morgan fingerprint density at radius 2 is 2.00 bits per heavy atom. The van der Waals surface area contributed by atoms with Gasteiger partial charge in [0.2, 0.25) is 0 Å².